The number of hydrazine groups is 1. The zero-order valence-electron chi connectivity index (χ0n) is 13.8. The molecule has 2 aromatic heterocycles. The first-order chi connectivity index (χ1) is 12.6. The Hall–Kier alpha value is -2.94. The number of rotatable bonds is 3. The van der Waals surface area contributed by atoms with Gasteiger partial charge in [-0.3, -0.25) is 9.80 Å². The molecule has 0 aliphatic carbocycles. The van der Waals surface area contributed by atoms with E-state index in [1.807, 2.05) is 0 Å². The largest absolute Gasteiger partial charge is 0.385 e. The Morgan fingerprint density at radius 1 is 1.35 bits per heavy atom. The minimum atomic E-state index is -0.676. The van der Waals surface area contributed by atoms with Crippen LogP contribution >= 0.6 is 0 Å². The quantitative estimate of drug-likeness (QED) is 0.819. The van der Waals surface area contributed by atoms with Crippen molar-refractivity contribution in [2.75, 3.05) is 13.1 Å². The van der Waals surface area contributed by atoms with Gasteiger partial charge in [0.25, 0.3) is 5.91 Å². The van der Waals surface area contributed by atoms with Gasteiger partial charge >= 0.3 is 0 Å². The zero-order valence-corrected chi connectivity index (χ0v) is 13.8. The van der Waals surface area contributed by atoms with Crippen LogP contribution in [0.15, 0.2) is 36.8 Å². The Balaban J connectivity index is 1.45. The Kier molecular flexibility index (Phi) is 4.29. The van der Waals surface area contributed by atoms with Gasteiger partial charge in [-0.15, -0.1) is 0 Å². The number of carbonyl (C=O) groups is 1. The lowest BCUT2D eigenvalue weighted by molar-refractivity contribution is -0.00254. The molecule has 2 aliphatic heterocycles. The Labute approximate surface area is 148 Å². The third kappa shape index (κ3) is 3.25. The van der Waals surface area contributed by atoms with Gasteiger partial charge in [0.1, 0.15) is 5.82 Å². The summed E-state index contributed by atoms with van der Waals surface area (Å²) < 4.78 is 26.4. The second kappa shape index (κ2) is 6.75. The number of piperidine rings is 1. The van der Waals surface area contributed by atoms with E-state index in [1.165, 1.54) is 24.5 Å². The molecule has 0 aromatic carbocycles. The molecule has 1 unspecified atom stereocenters. The molecule has 2 aliphatic rings. The van der Waals surface area contributed by atoms with Gasteiger partial charge in [-0.2, -0.15) is 4.39 Å². The van der Waals surface area contributed by atoms with Gasteiger partial charge in [-0.25, -0.2) is 9.37 Å². The van der Waals surface area contributed by atoms with Crippen LogP contribution in [-0.2, 0) is 4.84 Å². The number of H-pyrrole nitrogens is 1. The number of aromatic nitrogens is 2. The lowest BCUT2D eigenvalue weighted by Gasteiger charge is -2.36. The summed E-state index contributed by atoms with van der Waals surface area (Å²) in [7, 11) is 0. The SMILES string of the molecule is O=C(c1ccnc(F)c1)N1CCCC(N2C=C(c3cc(F)c[nH]3)ON2)C1. The number of halogens is 2. The smallest absolute Gasteiger partial charge is 0.254 e. The summed E-state index contributed by atoms with van der Waals surface area (Å²) in [5.74, 6) is -0.813. The fourth-order valence-corrected chi connectivity index (χ4v) is 3.18. The van der Waals surface area contributed by atoms with Crippen molar-refractivity contribution in [1.29, 1.82) is 0 Å². The van der Waals surface area contributed by atoms with Crippen molar-refractivity contribution >= 4 is 11.7 Å². The van der Waals surface area contributed by atoms with Crippen LogP contribution in [0.3, 0.4) is 0 Å². The summed E-state index contributed by atoms with van der Waals surface area (Å²) >= 11 is 0. The molecule has 0 bridgehead atoms. The first-order valence-electron chi connectivity index (χ1n) is 8.28. The van der Waals surface area contributed by atoms with Gasteiger partial charge in [0, 0.05) is 43.2 Å². The highest BCUT2D eigenvalue weighted by molar-refractivity contribution is 5.94. The average Bonchev–Trinajstić information content (AvgIpc) is 3.30. The maximum Gasteiger partial charge on any atom is 0.254 e. The van der Waals surface area contributed by atoms with E-state index < -0.39 is 5.95 Å². The highest BCUT2D eigenvalue weighted by atomic mass is 19.1. The molecule has 26 heavy (non-hydrogen) atoms. The number of aromatic amines is 1. The van der Waals surface area contributed by atoms with E-state index in [-0.39, 0.29) is 23.3 Å². The standard InChI is InChI=1S/C17H17F2N5O2/c18-12-7-14(21-8-12)15-10-24(22-26-15)13-2-1-5-23(9-13)17(25)11-3-4-20-16(19)6-11/h3-4,6-8,10,13,21-22H,1-2,5,9H2. The van der Waals surface area contributed by atoms with Crippen LogP contribution in [0.2, 0.25) is 0 Å². The van der Waals surface area contributed by atoms with Crippen molar-refractivity contribution in [1.82, 2.24) is 25.5 Å². The molecular weight excluding hydrogens is 344 g/mol. The molecule has 9 heteroatoms. The molecule has 7 nitrogen and oxygen atoms in total. The first-order valence-corrected chi connectivity index (χ1v) is 8.28. The first kappa shape index (κ1) is 16.5. The van der Waals surface area contributed by atoms with Crippen LogP contribution in [0.5, 0.6) is 0 Å². The minimum absolute atomic E-state index is 0.0170. The second-order valence-electron chi connectivity index (χ2n) is 6.24. The number of carbonyl (C=O) groups excluding carboxylic acids is 1. The van der Waals surface area contributed by atoms with Gasteiger partial charge in [-0.05, 0) is 18.9 Å². The summed E-state index contributed by atoms with van der Waals surface area (Å²) in [5.41, 5.74) is 3.58. The van der Waals surface area contributed by atoms with E-state index >= 15 is 0 Å². The Morgan fingerprint density at radius 2 is 2.23 bits per heavy atom. The van der Waals surface area contributed by atoms with Crippen LogP contribution in [0.1, 0.15) is 28.9 Å². The predicted octanol–water partition coefficient (Wildman–Crippen LogP) is 2.04. The summed E-state index contributed by atoms with van der Waals surface area (Å²) in [6.07, 6.45) is 5.92. The van der Waals surface area contributed by atoms with Crippen LogP contribution < -0.4 is 5.59 Å². The van der Waals surface area contributed by atoms with Gasteiger partial charge in [0.15, 0.2) is 5.76 Å². The van der Waals surface area contributed by atoms with E-state index in [1.54, 1.807) is 16.1 Å². The molecule has 2 N–H and O–H groups in total. The number of nitrogens with one attached hydrogen (secondary N) is 2. The zero-order chi connectivity index (χ0) is 18.1. The van der Waals surface area contributed by atoms with Crippen molar-refractivity contribution in [3.8, 4) is 0 Å². The fraction of sp³-hybridized carbons (Fsp3) is 0.294. The van der Waals surface area contributed by atoms with Crippen molar-refractivity contribution < 1.29 is 18.4 Å². The molecule has 0 saturated carbocycles. The minimum Gasteiger partial charge on any atom is -0.385 e. The molecule has 1 atom stereocenters. The predicted molar refractivity (Wildman–Crippen MR) is 87.9 cm³/mol. The van der Waals surface area contributed by atoms with Crippen LogP contribution in [-0.4, -0.2) is 44.9 Å². The molecule has 2 aromatic rings. The summed E-state index contributed by atoms with van der Waals surface area (Å²) in [4.78, 5) is 25.9. The highest BCUT2D eigenvalue weighted by Gasteiger charge is 2.30. The van der Waals surface area contributed by atoms with E-state index in [9.17, 15) is 13.6 Å². The van der Waals surface area contributed by atoms with E-state index in [2.05, 4.69) is 15.6 Å². The number of likely N-dealkylation sites (tertiary alicyclic amines) is 1. The van der Waals surface area contributed by atoms with Crippen molar-refractivity contribution in [2.45, 2.75) is 18.9 Å². The lowest BCUT2D eigenvalue weighted by Crippen LogP contribution is -2.50. The normalized spacial score (nSPS) is 20.1. The van der Waals surface area contributed by atoms with Gasteiger partial charge in [-0.1, -0.05) is 5.59 Å². The van der Waals surface area contributed by atoms with Crippen LogP contribution in [0, 0.1) is 11.8 Å². The molecule has 0 radical (unpaired) electrons. The third-order valence-corrected chi connectivity index (χ3v) is 4.48. The van der Waals surface area contributed by atoms with Crippen LogP contribution in [0.25, 0.3) is 5.76 Å². The monoisotopic (exact) mass is 361 g/mol. The number of hydrogen-bond donors (Lipinski definition) is 2. The molecule has 0 spiro atoms. The van der Waals surface area contributed by atoms with E-state index in [4.69, 9.17) is 4.84 Å². The van der Waals surface area contributed by atoms with E-state index in [0.717, 1.165) is 18.9 Å². The molecule has 1 amide bonds. The molecule has 136 valence electrons. The summed E-state index contributed by atoms with van der Waals surface area (Å²) in [5, 5.41) is 1.76. The van der Waals surface area contributed by atoms with Gasteiger partial charge in [0.05, 0.1) is 17.9 Å². The van der Waals surface area contributed by atoms with Gasteiger partial charge in [0.2, 0.25) is 5.95 Å². The average molecular weight is 361 g/mol. The molecule has 4 rings (SSSR count). The summed E-state index contributed by atoms with van der Waals surface area (Å²) in [6, 6.07) is 3.97. The lowest BCUT2D eigenvalue weighted by atomic mass is 10.0. The maximum absolute atomic E-state index is 13.3. The van der Waals surface area contributed by atoms with Crippen molar-refractivity contribution in [3.63, 3.8) is 0 Å². The fourth-order valence-electron chi connectivity index (χ4n) is 3.18. The van der Waals surface area contributed by atoms with Crippen molar-refractivity contribution in [2.24, 2.45) is 0 Å². The molecule has 4 heterocycles. The number of hydrogen-bond acceptors (Lipinski definition) is 5. The highest BCUT2D eigenvalue weighted by Crippen LogP contribution is 2.24. The summed E-state index contributed by atoms with van der Waals surface area (Å²) in [6.45, 7) is 1.06. The van der Waals surface area contributed by atoms with E-state index in [0.29, 0.717) is 24.5 Å². The van der Waals surface area contributed by atoms with Gasteiger partial charge < -0.3 is 14.7 Å². The van der Waals surface area contributed by atoms with Crippen molar-refractivity contribution in [3.05, 3.63) is 59.8 Å². The van der Waals surface area contributed by atoms with Crippen LogP contribution in [0.4, 0.5) is 8.78 Å². The number of nitrogens with zero attached hydrogens (tertiary/aromatic N) is 3. The molecule has 1 fully saturated rings. The second-order valence-corrected chi connectivity index (χ2v) is 6.24. The Bertz CT molecular complexity index is 853. The topological polar surface area (TPSA) is 73.5 Å². The number of amides is 1. The molecular formula is C17H17F2N5O2. The Morgan fingerprint density at radius 3 is 3.00 bits per heavy atom. The maximum atomic E-state index is 13.3. The number of pyridine rings is 1. The molecule has 1 saturated heterocycles. The third-order valence-electron chi connectivity index (χ3n) is 4.48.